The second-order valence-corrected chi connectivity index (χ2v) is 7.10. The predicted molar refractivity (Wildman–Crippen MR) is 108 cm³/mol. The number of amides is 1. The van der Waals surface area contributed by atoms with Gasteiger partial charge in [-0.2, -0.15) is 5.26 Å². The van der Waals surface area contributed by atoms with Crippen LogP contribution in [0.2, 0.25) is 0 Å². The Labute approximate surface area is 162 Å². The number of anilines is 1. The van der Waals surface area contributed by atoms with Crippen LogP contribution in [0.1, 0.15) is 16.7 Å². The summed E-state index contributed by atoms with van der Waals surface area (Å²) < 4.78 is 0. The summed E-state index contributed by atoms with van der Waals surface area (Å²) in [5.41, 5.74) is 3.61. The highest BCUT2D eigenvalue weighted by molar-refractivity contribution is 5.96. The average Bonchev–Trinajstić information content (AvgIpc) is 2.69. The standard InChI is InChI=1S/C22H20N4O2/c1-15-6-7-19-17(10-15)11-18(22(28)24-19)13-25-8-9-26(21(27)14-25)20-5-3-2-4-16(20)12-23/h2-7,10-11H,8-9,13-14H2,1H3,(H,24,28). The van der Waals surface area contributed by atoms with Crippen LogP contribution in [0.3, 0.4) is 0 Å². The summed E-state index contributed by atoms with van der Waals surface area (Å²) in [5, 5.41) is 10.3. The summed E-state index contributed by atoms with van der Waals surface area (Å²) in [4.78, 5) is 31.7. The first-order valence-corrected chi connectivity index (χ1v) is 9.19. The van der Waals surface area contributed by atoms with Crippen molar-refractivity contribution in [1.29, 1.82) is 5.26 Å². The molecule has 1 fully saturated rings. The van der Waals surface area contributed by atoms with Gasteiger partial charge in [0.15, 0.2) is 0 Å². The Hall–Kier alpha value is -3.43. The number of hydrogen-bond donors (Lipinski definition) is 1. The van der Waals surface area contributed by atoms with E-state index in [1.807, 2.05) is 42.2 Å². The van der Waals surface area contributed by atoms with E-state index in [4.69, 9.17) is 0 Å². The lowest BCUT2D eigenvalue weighted by molar-refractivity contribution is -0.121. The summed E-state index contributed by atoms with van der Waals surface area (Å²) in [6.45, 7) is 3.77. The van der Waals surface area contributed by atoms with Crippen molar-refractivity contribution in [2.45, 2.75) is 13.5 Å². The number of nitrogens with one attached hydrogen (secondary N) is 1. The van der Waals surface area contributed by atoms with Crippen molar-refractivity contribution >= 4 is 22.5 Å². The monoisotopic (exact) mass is 372 g/mol. The van der Waals surface area contributed by atoms with Crippen molar-refractivity contribution in [3.05, 3.63) is 75.6 Å². The Morgan fingerprint density at radius 3 is 2.71 bits per heavy atom. The third kappa shape index (κ3) is 3.40. The molecule has 1 aliphatic heterocycles. The summed E-state index contributed by atoms with van der Waals surface area (Å²) in [5.74, 6) is -0.0676. The number of piperazine rings is 1. The number of para-hydroxylation sites is 1. The van der Waals surface area contributed by atoms with Crippen LogP contribution in [-0.2, 0) is 11.3 Å². The first kappa shape index (κ1) is 18.0. The first-order chi connectivity index (χ1) is 13.5. The average molecular weight is 372 g/mol. The second kappa shape index (κ2) is 7.29. The minimum atomic E-state index is -0.124. The third-order valence-electron chi connectivity index (χ3n) is 5.09. The quantitative estimate of drug-likeness (QED) is 0.766. The van der Waals surface area contributed by atoms with Gasteiger partial charge in [-0.15, -0.1) is 0 Å². The second-order valence-electron chi connectivity index (χ2n) is 7.10. The number of benzene rings is 2. The molecule has 0 atom stereocenters. The zero-order valence-electron chi connectivity index (χ0n) is 15.6. The predicted octanol–water partition coefficient (Wildman–Crippen LogP) is 2.56. The lowest BCUT2D eigenvalue weighted by Gasteiger charge is -2.34. The zero-order chi connectivity index (χ0) is 19.7. The van der Waals surface area contributed by atoms with Crippen molar-refractivity contribution in [2.75, 3.05) is 24.5 Å². The van der Waals surface area contributed by atoms with Crippen LogP contribution in [0.5, 0.6) is 0 Å². The Kier molecular flexibility index (Phi) is 4.68. The topological polar surface area (TPSA) is 80.2 Å². The molecule has 0 radical (unpaired) electrons. The molecule has 0 aliphatic carbocycles. The summed E-state index contributed by atoms with van der Waals surface area (Å²) in [6.07, 6.45) is 0. The molecule has 1 amide bonds. The van der Waals surface area contributed by atoms with Crippen LogP contribution in [-0.4, -0.2) is 35.4 Å². The molecule has 1 aromatic heterocycles. The molecule has 2 aromatic carbocycles. The molecule has 0 bridgehead atoms. The molecule has 1 N–H and O–H groups in total. The van der Waals surface area contributed by atoms with Gasteiger partial charge in [0.1, 0.15) is 6.07 Å². The maximum absolute atomic E-state index is 12.7. The first-order valence-electron chi connectivity index (χ1n) is 9.19. The fourth-order valence-corrected chi connectivity index (χ4v) is 3.64. The maximum Gasteiger partial charge on any atom is 0.252 e. The van der Waals surface area contributed by atoms with E-state index in [1.54, 1.807) is 23.1 Å². The molecule has 28 heavy (non-hydrogen) atoms. The minimum Gasteiger partial charge on any atom is -0.322 e. The zero-order valence-corrected chi connectivity index (χ0v) is 15.6. The van der Waals surface area contributed by atoms with Crippen molar-refractivity contribution < 1.29 is 4.79 Å². The van der Waals surface area contributed by atoms with Crippen LogP contribution in [0.15, 0.2) is 53.3 Å². The molecule has 2 heterocycles. The number of aryl methyl sites for hydroxylation is 1. The largest absolute Gasteiger partial charge is 0.322 e. The number of hydrogen-bond acceptors (Lipinski definition) is 4. The number of aromatic nitrogens is 1. The van der Waals surface area contributed by atoms with E-state index < -0.39 is 0 Å². The van der Waals surface area contributed by atoms with Gasteiger partial charge in [0.05, 0.1) is 17.8 Å². The lowest BCUT2D eigenvalue weighted by atomic mass is 10.1. The van der Waals surface area contributed by atoms with Crippen LogP contribution in [0, 0.1) is 18.3 Å². The molecule has 6 heteroatoms. The Bertz CT molecular complexity index is 1160. The normalized spacial score (nSPS) is 15.0. The van der Waals surface area contributed by atoms with E-state index in [2.05, 4.69) is 11.1 Å². The molecule has 3 aromatic rings. The van der Waals surface area contributed by atoms with E-state index in [-0.39, 0.29) is 18.0 Å². The van der Waals surface area contributed by atoms with E-state index in [0.717, 1.165) is 16.5 Å². The SMILES string of the molecule is Cc1ccc2[nH]c(=O)c(CN3CCN(c4ccccc4C#N)C(=O)C3)cc2c1. The highest BCUT2D eigenvalue weighted by atomic mass is 16.2. The number of carbonyl (C=O) groups is 1. The van der Waals surface area contributed by atoms with Crippen molar-refractivity contribution in [1.82, 2.24) is 9.88 Å². The molecule has 1 aliphatic rings. The summed E-state index contributed by atoms with van der Waals surface area (Å²) in [6, 6.07) is 17.1. The molecule has 0 unspecified atom stereocenters. The fourth-order valence-electron chi connectivity index (χ4n) is 3.64. The van der Waals surface area contributed by atoms with Crippen LogP contribution < -0.4 is 10.5 Å². The number of carbonyl (C=O) groups excluding carboxylic acids is 1. The van der Waals surface area contributed by atoms with Gasteiger partial charge in [-0.1, -0.05) is 23.8 Å². The lowest BCUT2D eigenvalue weighted by Crippen LogP contribution is -2.50. The van der Waals surface area contributed by atoms with Crippen LogP contribution in [0.4, 0.5) is 5.69 Å². The van der Waals surface area contributed by atoms with Gasteiger partial charge in [0, 0.05) is 30.7 Å². The van der Waals surface area contributed by atoms with E-state index in [1.165, 1.54) is 0 Å². The molecule has 6 nitrogen and oxygen atoms in total. The number of nitrogens with zero attached hydrogens (tertiary/aromatic N) is 3. The molecule has 4 rings (SSSR count). The summed E-state index contributed by atoms with van der Waals surface area (Å²) >= 11 is 0. The number of pyridine rings is 1. The van der Waals surface area contributed by atoms with E-state index >= 15 is 0 Å². The van der Waals surface area contributed by atoms with Gasteiger partial charge in [-0.3, -0.25) is 14.5 Å². The van der Waals surface area contributed by atoms with Crippen LogP contribution >= 0.6 is 0 Å². The highest BCUT2D eigenvalue weighted by Gasteiger charge is 2.27. The minimum absolute atomic E-state index is 0.0676. The molecule has 140 valence electrons. The van der Waals surface area contributed by atoms with Gasteiger partial charge in [-0.25, -0.2) is 0 Å². The van der Waals surface area contributed by atoms with Gasteiger partial charge in [0.2, 0.25) is 5.91 Å². The van der Waals surface area contributed by atoms with E-state index in [0.29, 0.717) is 36.4 Å². The highest BCUT2D eigenvalue weighted by Crippen LogP contribution is 2.22. The van der Waals surface area contributed by atoms with Gasteiger partial charge >= 0.3 is 0 Å². The van der Waals surface area contributed by atoms with Crippen LogP contribution in [0.25, 0.3) is 10.9 Å². The maximum atomic E-state index is 12.7. The van der Waals surface area contributed by atoms with Crippen molar-refractivity contribution in [3.8, 4) is 6.07 Å². The van der Waals surface area contributed by atoms with Gasteiger partial charge < -0.3 is 9.88 Å². The third-order valence-corrected chi connectivity index (χ3v) is 5.09. The number of aromatic amines is 1. The molecule has 0 saturated carbocycles. The Morgan fingerprint density at radius 1 is 1.11 bits per heavy atom. The molecular weight excluding hydrogens is 352 g/mol. The molecule has 1 saturated heterocycles. The number of rotatable bonds is 3. The van der Waals surface area contributed by atoms with Gasteiger partial charge in [0.25, 0.3) is 5.56 Å². The Balaban J connectivity index is 1.53. The molecular formula is C22H20N4O2. The smallest absolute Gasteiger partial charge is 0.252 e. The summed E-state index contributed by atoms with van der Waals surface area (Å²) in [7, 11) is 0. The number of H-pyrrole nitrogens is 1. The molecule has 0 spiro atoms. The number of fused-ring (bicyclic) bond motifs is 1. The van der Waals surface area contributed by atoms with Gasteiger partial charge in [-0.05, 0) is 42.6 Å². The van der Waals surface area contributed by atoms with Crippen molar-refractivity contribution in [3.63, 3.8) is 0 Å². The Morgan fingerprint density at radius 2 is 1.93 bits per heavy atom. The van der Waals surface area contributed by atoms with Crippen molar-refractivity contribution in [2.24, 2.45) is 0 Å². The number of nitriles is 1. The fraction of sp³-hybridized carbons (Fsp3) is 0.227. The van der Waals surface area contributed by atoms with E-state index in [9.17, 15) is 14.9 Å².